The van der Waals surface area contributed by atoms with Gasteiger partial charge >= 0.3 is 6.03 Å². The number of rotatable bonds is 3. The van der Waals surface area contributed by atoms with Crippen LogP contribution in [0.3, 0.4) is 0 Å². The molecular weight excluding hydrogens is 264 g/mol. The second-order valence-corrected chi connectivity index (χ2v) is 6.51. The van der Waals surface area contributed by atoms with Crippen molar-refractivity contribution in [2.24, 2.45) is 11.8 Å². The van der Waals surface area contributed by atoms with E-state index in [1.165, 1.54) is 6.42 Å². The first kappa shape index (κ1) is 15.8. The van der Waals surface area contributed by atoms with Gasteiger partial charge in [0.05, 0.1) is 6.10 Å². The van der Waals surface area contributed by atoms with Gasteiger partial charge in [-0.05, 0) is 55.7 Å². The summed E-state index contributed by atoms with van der Waals surface area (Å²) in [7, 11) is 0. The van der Waals surface area contributed by atoms with E-state index in [-0.39, 0.29) is 12.1 Å². The minimum Gasteiger partial charge on any atom is -0.389 e. The zero-order valence-corrected chi connectivity index (χ0v) is 13.1. The summed E-state index contributed by atoms with van der Waals surface area (Å²) in [5.74, 6) is 1.33. The van der Waals surface area contributed by atoms with Crippen molar-refractivity contribution in [1.82, 2.24) is 5.32 Å². The molecular formula is C17H26N2O2. The molecule has 0 aliphatic heterocycles. The Bertz CT molecular complexity index is 477. The Morgan fingerprint density at radius 2 is 1.90 bits per heavy atom. The maximum absolute atomic E-state index is 12.1. The maximum Gasteiger partial charge on any atom is 0.319 e. The number of aliphatic hydroxyl groups is 1. The normalized spacial score (nSPS) is 27.0. The number of amides is 2. The zero-order valence-electron chi connectivity index (χ0n) is 13.1. The summed E-state index contributed by atoms with van der Waals surface area (Å²) in [6.07, 6.45) is 2.81. The van der Waals surface area contributed by atoms with Gasteiger partial charge in [0.15, 0.2) is 0 Å². The molecule has 3 N–H and O–H groups in total. The van der Waals surface area contributed by atoms with Gasteiger partial charge in [-0.15, -0.1) is 0 Å². The number of carbonyl (C=O) groups excluding carboxylic acids is 1. The van der Waals surface area contributed by atoms with E-state index in [1.54, 1.807) is 13.0 Å². The Balaban J connectivity index is 1.91. The third-order valence-electron chi connectivity index (χ3n) is 4.14. The average molecular weight is 290 g/mol. The number of hydrogen-bond donors (Lipinski definition) is 3. The maximum atomic E-state index is 12.1. The molecule has 2 amide bonds. The van der Waals surface area contributed by atoms with E-state index in [0.717, 1.165) is 18.4 Å². The third kappa shape index (κ3) is 4.74. The van der Waals surface area contributed by atoms with E-state index in [9.17, 15) is 9.90 Å². The Labute approximate surface area is 126 Å². The van der Waals surface area contributed by atoms with Crippen LogP contribution in [0.4, 0.5) is 10.5 Å². The van der Waals surface area contributed by atoms with Gasteiger partial charge in [-0.25, -0.2) is 4.79 Å². The van der Waals surface area contributed by atoms with Crippen LogP contribution in [0, 0.1) is 11.8 Å². The molecule has 3 atom stereocenters. The lowest BCUT2D eigenvalue weighted by Crippen LogP contribution is -2.42. The smallest absolute Gasteiger partial charge is 0.319 e. The van der Waals surface area contributed by atoms with Gasteiger partial charge in [0.2, 0.25) is 0 Å². The lowest BCUT2D eigenvalue weighted by Gasteiger charge is -2.31. The second kappa shape index (κ2) is 6.94. The summed E-state index contributed by atoms with van der Waals surface area (Å²) in [4.78, 5) is 12.1. The molecule has 0 aromatic heterocycles. The molecule has 0 radical (unpaired) electrons. The van der Waals surface area contributed by atoms with Crippen molar-refractivity contribution >= 4 is 11.7 Å². The van der Waals surface area contributed by atoms with Crippen LogP contribution in [-0.2, 0) is 0 Å². The van der Waals surface area contributed by atoms with Crippen LogP contribution < -0.4 is 10.6 Å². The van der Waals surface area contributed by atoms with Crippen LogP contribution in [-0.4, -0.2) is 17.2 Å². The fraction of sp³-hybridized carbons (Fsp3) is 0.588. The van der Waals surface area contributed by atoms with Gasteiger partial charge in [0.25, 0.3) is 0 Å². The summed E-state index contributed by atoms with van der Waals surface area (Å²) < 4.78 is 0. The highest BCUT2D eigenvalue weighted by Gasteiger charge is 2.24. The summed E-state index contributed by atoms with van der Waals surface area (Å²) in [6.45, 7) is 6.20. The van der Waals surface area contributed by atoms with E-state index < -0.39 is 6.10 Å². The molecule has 0 heterocycles. The number of carbonyl (C=O) groups is 1. The molecule has 1 fully saturated rings. The molecule has 2 rings (SSSR count). The van der Waals surface area contributed by atoms with E-state index in [1.807, 2.05) is 18.2 Å². The second-order valence-electron chi connectivity index (χ2n) is 6.51. The first-order valence-corrected chi connectivity index (χ1v) is 7.79. The van der Waals surface area contributed by atoms with Crippen molar-refractivity contribution < 1.29 is 9.90 Å². The molecule has 1 aliphatic rings. The van der Waals surface area contributed by atoms with Gasteiger partial charge in [0, 0.05) is 11.7 Å². The molecule has 4 heteroatoms. The van der Waals surface area contributed by atoms with Gasteiger partial charge < -0.3 is 15.7 Å². The van der Waals surface area contributed by atoms with Crippen LogP contribution in [0.1, 0.15) is 51.7 Å². The lowest BCUT2D eigenvalue weighted by molar-refractivity contribution is 0.199. The van der Waals surface area contributed by atoms with E-state index in [4.69, 9.17) is 0 Å². The SMILES string of the molecule is CC1CC(C)CC(NC(=O)Nc2cccc(C(C)O)c2)C1. The molecule has 116 valence electrons. The molecule has 0 spiro atoms. The molecule has 4 nitrogen and oxygen atoms in total. The molecule has 0 bridgehead atoms. The Morgan fingerprint density at radius 3 is 2.52 bits per heavy atom. The van der Waals surface area contributed by atoms with Crippen LogP contribution in [0.2, 0.25) is 0 Å². The lowest BCUT2D eigenvalue weighted by atomic mass is 9.80. The van der Waals surface area contributed by atoms with Crippen LogP contribution in [0.15, 0.2) is 24.3 Å². The Hall–Kier alpha value is -1.55. The summed E-state index contributed by atoms with van der Waals surface area (Å²) in [5.41, 5.74) is 1.51. The minimum absolute atomic E-state index is 0.163. The highest BCUT2D eigenvalue weighted by atomic mass is 16.3. The third-order valence-corrected chi connectivity index (χ3v) is 4.14. The first-order valence-electron chi connectivity index (χ1n) is 7.79. The Morgan fingerprint density at radius 1 is 1.24 bits per heavy atom. The van der Waals surface area contributed by atoms with Crippen LogP contribution >= 0.6 is 0 Å². The summed E-state index contributed by atoms with van der Waals surface area (Å²) >= 11 is 0. The van der Waals surface area contributed by atoms with Crippen molar-refractivity contribution in [3.05, 3.63) is 29.8 Å². The minimum atomic E-state index is -0.533. The summed E-state index contributed by atoms with van der Waals surface area (Å²) in [6, 6.07) is 7.40. The molecule has 1 aromatic carbocycles. The van der Waals surface area contributed by atoms with E-state index in [2.05, 4.69) is 24.5 Å². The van der Waals surface area contributed by atoms with Crippen molar-refractivity contribution in [3.8, 4) is 0 Å². The van der Waals surface area contributed by atoms with Crippen LogP contribution in [0.5, 0.6) is 0 Å². The number of anilines is 1. The number of benzene rings is 1. The van der Waals surface area contributed by atoms with Gasteiger partial charge in [-0.1, -0.05) is 26.0 Å². The zero-order chi connectivity index (χ0) is 15.4. The number of nitrogens with one attached hydrogen (secondary N) is 2. The molecule has 1 saturated carbocycles. The monoisotopic (exact) mass is 290 g/mol. The standard InChI is InChI=1S/C17H26N2O2/c1-11-7-12(2)9-16(8-11)19-17(21)18-15-6-4-5-14(10-15)13(3)20/h4-6,10-13,16,20H,7-9H2,1-3H3,(H2,18,19,21). The molecule has 1 aromatic rings. The molecule has 1 aliphatic carbocycles. The summed E-state index contributed by atoms with van der Waals surface area (Å²) in [5, 5.41) is 15.5. The first-order chi connectivity index (χ1) is 9.94. The number of aliphatic hydroxyl groups excluding tert-OH is 1. The van der Waals surface area contributed by atoms with Crippen molar-refractivity contribution in [2.75, 3.05) is 5.32 Å². The molecule has 0 saturated heterocycles. The number of hydrogen-bond acceptors (Lipinski definition) is 2. The Kier molecular flexibility index (Phi) is 5.23. The largest absolute Gasteiger partial charge is 0.389 e. The van der Waals surface area contributed by atoms with Gasteiger partial charge in [0.1, 0.15) is 0 Å². The quantitative estimate of drug-likeness (QED) is 0.795. The van der Waals surface area contributed by atoms with Crippen LogP contribution in [0.25, 0.3) is 0 Å². The van der Waals surface area contributed by atoms with Crippen molar-refractivity contribution in [1.29, 1.82) is 0 Å². The number of urea groups is 1. The topological polar surface area (TPSA) is 61.4 Å². The fourth-order valence-electron chi connectivity index (χ4n) is 3.29. The van der Waals surface area contributed by atoms with E-state index >= 15 is 0 Å². The molecule has 3 unspecified atom stereocenters. The van der Waals surface area contributed by atoms with Crippen molar-refractivity contribution in [3.63, 3.8) is 0 Å². The molecule has 21 heavy (non-hydrogen) atoms. The fourth-order valence-corrected chi connectivity index (χ4v) is 3.29. The highest BCUT2D eigenvalue weighted by Crippen LogP contribution is 2.28. The van der Waals surface area contributed by atoms with Crippen molar-refractivity contribution in [2.45, 2.75) is 52.2 Å². The predicted octanol–water partition coefficient (Wildman–Crippen LogP) is 3.69. The predicted molar refractivity (Wildman–Crippen MR) is 85.2 cm³/mol. The van der Waals surface area contributed by atoms with E-state index in [0.29, 0.717) is 17.5 Å². The average Bonchev–Trinajstić information content (AvgIpc) is 2.37. The highest BCUT2D eigenvalue weighted by molar-refractivity contribution is 5.89. The van der Waals surface area contributed by atoms with Gasteiger partial charge in [-0.3, -0.25) is 0 Å². The van der Waals surface area contributed by atoms with Gasteiger partial charge in [-0.2, -0.15) is 0 Å².